The minimum atomic E-state index is -3.75. The van der Waals surface area contributed by atoms with Crippen molar-refractivity contribution in [3.8, 4) is 5.75 Å². The maximum Gasteiger partial charge on any atom is 0.334 e. The van der Waals surface area contributed by atoms with E-state index >= 15 is 0 Å². The number of sulfone groups is 1. The van der Waals surface area contributed by atoms with Crippen LogP contribution in [-0.2, 0) is 32.8 Å². The Morgan fingerprint density at radius 3 is 2.34 bits per heavy atom. The van der Waals surface area contributed by atoms with Gasteiger partial charge in [0, 0.05) is 6.07 Å². The van der Waals surface area contributed by atoms with Gasteiger partial charge in [0.2, 0.25) is 11.2 Å². The first-order chi connectivity index (χ1) is 20.7. The predicted molar refractivity (Wildman–Crippen MR) is 162 cm³/mol. The summed E-state index contributed by atoms with van der Waals surface area (Å²) >= 11 is 6.71. The molecule has 2 aromatic carbocycles. The molecule has 0 aliphatic rings. The van der Waals surface area contributed by atoms with Gasteiger partial charge >= 0.3 is 5.95 Å². The summed E-state index contributed by atoms with van der Waals surface area (Å²) in [7, 11) is 1.81. The monoisotopic (exact) mass is 695 g/mol. The second-order valence-corrected chi connectivity index (χ2v) is 12.9. The minimum Gasteiger partial charge on any atom is -0.396 e. The van der Waals surface area contributed by atoms with Crippen molar-refractivity contribution in [1.82, 2.24) is 19.4 Å². The van der Waals surface area contributed by atoms with E-state index in [4.69, 9.17) is 36.2 Å². The van der Waals surface area contributed by atoms with E-state index in [9.17, 15) is 8.42 Å². The van der Waals surface area contributed by atoms with E-state index in [1.165, 1.54) is 18.2 Å². The molecule has 0 aliphatic heterocycles. The number of nitrogen functional groups attached to an aromatic ring is 1. The largest absolute Gasteiger partial charge is 0.396 e. The summed E-state index contributed by atoms with van der Waals surface area (Å²) in [6.07, 6.45) is 0. The summed E-state index contributed by atoms with van der Waals surface area (Å²) in [6.45, 7) is 3.05. The average molecular weight is 696 g/mol. The highest BCUT2D eigenvalue weighted by Gasteiger charge is 2.21. The van der Waals surface area contributed by atoms with Gasteiger partial charge in [0.05, 0.1) is 55.5 Å². The number of azo groups is 1. The van der Waals surface area contributed by atoms with Crippen LogP contribution in [0.1, 0.15) is 11.1 Å². The highest BCUT2D eigenvalue weighted by Crippen LogP contribution is 2.39. The molecule has 0 bridgehead atoms. The second-order valence-electron chi connectivity index (χ2n) is 9.52. The van der Waals surface area contributed by atoms with Gasteiger partial charge in [-0.15, -0.1) is 19.4 Å². The van der Waals surface area contributed by atoms with Crippen molar-refractivity contribution in [3.05, 3.63) is 40.7 Å². The number of aromatic nitrogens is 3. The summed E-state index contributed by atoms with van der Waals surface area (Å²) < 4.78 is 44.5. The van der Waals surface area contributed by atoms with Crippen LogP contribution < -0.4 is 19.7 Å². The number of nitrogens with zero attached hydrogens (tertiary/aromatic N) is 6. The SMILES string of the molecule is Cc1cc(S(=O)(=O)CCOSOOO)c(C)cc1N=Nc1cc(OSOOO)c(N)cc1Nc1nc(Cl)nc([N+](C)(C)C)n1. The van der Waals surface area contributed by atoms with Crippen LogP contribution in [0, 0.1) is 13.8 Å². The van der Waals surface area contributed by atoms with Gasteiger partial charge in [-0.25, -0.2) is 18.9 Å². The Bertz CT molecular complexity index is 1600. The zero-order chi connectivity index (χ0) is 32.5. The van der Waals surface area contributed by atoms with Gasteiger partial charge in [-0.2, -0.15) is 10.1 Å². The lowest BCUT2D eigenvalue weighted by Crippen LogP contribution is -2.37. The van der Waals surface area contributed by atoms with Gasteiger partial charge in [-0.1, -0.05) is 14.4 Å². The molecule has 5 N–H and O–H groups in total. The lowest BCUT2D eigenvalue weighted by Gasteiger charge is -2.20. The molecule has 3 aromatic rings. The van der Waals surface area contributed by atoms with Crippen LogP contribution in [0.2, 0.25) is 5.28 Å². The topological polar surface area (TPSA) is 231 Å². The molecule has 0 atom stereocenters. The van der Waals surface area contributed by atoms with E-state index in [2.05, 4.69) is 49.2 Å². The van der Waals surface area contributed by atoms with Crippen molar-refractivity contribution in [2.75, 3.05) is 44.6 Å². The first-order valence-electron chi connectivity index (χ1n) is 12.0. The van der Waals surface area contributed by atoms with Crippen LogP contribution in [-0.4, -0.2) is 67.4 Å². The van der Waals surface area contributed by atoms with Crippen molar-refractivity contribution in [3.63, 3.8) is 0 Å². The molecule has 44 heavy (non-hydrogen) atoms. The quantitative estimate of drug-likeness (QED) is 0.0286. The third kappa shape index (κ3) is 10.0. The Labute approximate surface area is 265 Å². The maximum atomic E-state index is 12.9. The van der Waals surface area contributed by atoms with E-state index in [1.807, 2.05) is 21.1 Å². The standard InChI is InChI=1S/C22H27ClN8O10S3/c1-12-9-19(44(34,35)7-6-36-42-40-38-32)13(2)8-15(12)29-30-17-11-18(37-43-41-39-33)14(24)10-16(17)25-21-26-20(23)27-22(28-21)31(3,4)5/h8-11H,6-7,24H2,1-5H3,(H2-,25,26,27,28,32,33)/p+1. The number of quaternary nitrogens is 1. The number of anilines is 3. The fraction of sp³-hybridized carbons (Fsp3) is 0.318. The molecule has 0 amide bonds. The molecule has 3 rings (SSSR count). The number of rotatable bonds is 16. The molecule has 240 valence electrons. The molecule has 22 heteroatoms. The van der Waals surface area contributed by atoms with Crippen LogP contribution in [0.4, 0.5) is 34.6 Å². The molecule has 0 unspecified atom stereocenters. The lowest BCUT2D eigenvalue weighted by molar-refractivity contribution is -0.434. The average Bonchev–Trinajstić information content (AvgIpc) is 2.94. The van der Waals surface area contributed by atoms with Crippen molar-refractivity contribution < 1.29 is 46.0 Å². The molecule has 0 fully saturated rings. The van der Waals surface area contributed by atoms with Crippen molar-refractivity contribution in [2.45, 2.75) is 18.7 Å². The van der Waals surface area contributed by atoms with Crippen LogP contribution in [0.3, 0.4) is 0 Å². The van der Waals surface area contributed by atoms with E-state index in [0.29, 0.717) is 28.5 Å². The zero-order valence-corrected chi connectivity index (χ0v) is 27.0. The summed E-state index contributed by atoms with van der Waals surface area (Å²) in [5.74, 6) is 0.195. The number of aryl methyl sites for hydroxylation is 2. The maximum absolute atomic E-state index is 12.9. The minimum absolute atomic E-state index is 0.0434. The number of nitrogens with one attached hydrogen (secondary N) is 1. The highest BCUT2D eigenvalue weighted by atomic mass is 35.5. The molecule has 0 aliphatic carbocycles. The van der Waals surface area contributed by atoms with Crippen LogP contribution in [0.15, 0.2) is 39.4 Å². The summed E-state index contributed by atoms with van der Waals surface area (Å²) in [5, 5.41) is 35.0. The smallest absolute Gasteiger partial charge is 0.334 e. The van der Waals surface area contributed by atoms with Crippen LogP contribution in [0.25, 0.3) is 0 Å². The molecule has 1 heterocycles. The van der Waals surface area contributed by atoms with Gasteiger partial charge in [-0.05, 0) is 54.8 Å². The Morgan fingerprint density at radius 1 is 0.977 bits per heavy atom. The Balaban J connectivity index is 1.97. The molecule has 18 nitrogen and oxygen atoms in total. The molecule has 0 saturated heterocycles. The molecular weight excluding hydrogens is 668 g/mol. The van der Waals surface area contributed by atoms with Crippen LogP contribution in [0.5, 0.6) is 5.75 Å². The number of halogens is 1. The van der Waals surface area contributed by atoms with Crippen molar-refractivity contribution in [2.24, 2.45) is 10.2 Å². The molecular formula is C22H28ClN8O10S3+. The van der Waals surface area contributed by atoms with Gasteiger partial charge in [0.25, 0.3) is 12.3 Å². The highest BCUT2D eigenvalue weighted by molar-refractivity contribution is 7.91. The molecule has 1 aromatic heterocycles. The van der Waals surface area contributed by atoms with E-state index in [1.54, 1.807) is 19.9 Å². The predicted octanol–water partition coefficient (Wildman–Crippen LogP) is 5.22. The van der Waals surface area contributed by atoms with Gasteiger partial charge in [-0.3, -0.25) is 8.67 Å². The number of hydrogen-bond acceptors (Lipinski definition) is 19. The van der Waals surface area contributed by atoms with Crippen molar-refractivity contribution in [1.29, 1.82) is 0 Å². The first kappa shape index (κ1) is 35.5. The normalized spacial score (nSPS) is 12.2. The van der Waals surface area contributed by atoms with Crippen molar-refractivity contribution >= 4 is 80.7 Å². The van der Waals surface area contributed by atoms with Gasteiger partial charge in [0.15, 0.2) is 27.9 Å². The Kier molecular flexibility index (Phi) is 12.8. The third-order valence-electron chi connectivity index (χ3n) is 5.39. The number of hydrogen-bond donors (Lipinski definition) is 4. The van der Waals surface area contributed by atoms with E-state index in [0.717, 1.165) is 0 Å². The fourth-order valence-corrected chi connectivity index (χ4v) is 5.54. The van der Waals surface area contributed by atoms with E-state index < -0.39 is 9.84 Å². The van der Waals surface area contributed by atoms with Crippen LogP contribution >= 0.6 is 36.2 Å². The third-order valence-corrected chi connectivity index (χ3v) is 8.12. The second kappa shape index (κ2) is 15.9. The molecule has 0 spiro atoms. The molecule has 0 saturated carbocycles. The van der Waals surface area contributed by atoms with Gasteiger partial charge < -0.3 is 15.2 Å². The number of nitrogens with two attached hydrogens (primary N) is 1. The first-order valence-corrected chi connectivity index (χ1v) is 15.4. The Morgan fingerprint density at radius 2 is 1.66 bits per heavy atom. The van der Waals surface area contributed by atoms with E-state index in [-0.39, 0.29) is 74.7 Å². The summed E-state index contributed by atoms with van der Waals surface area (Å²) in [4.78, 5) is 12.8. The number of benzene rings is 2. The Hall–Kier alpha value is -2.93. The fourth-order valence-electron chi connectivity index (χ4n) is 3.36. The lowest BCUT2D eigenvalue weighted by atomic mass is 10.1. The zero-order valence-electron chi connectivity index (χ0n) is 23.7. The summed E-state index contributed by atoms with van der Waals surface area (Å²) in [6, 6.07) is 5.92. The summed E-state index contributed by atoms with van der Waals surface area (Å²) in [5.41, 5.74) is 8.06. The molecule has 0 radical (unpaired) electrons. The van der Waals surface area contributed by atoms with Gasteiger partial charge in [0.1, 0.15) is 5.69 Å².